The molecule has 0 aliphatic carbocycles. The fourth-order valence-corrected chi connectivity index (χ4v) is 12.0. The van der Waals surface area contributed by atoms with Gasteiger partial charge in [-0.3, -0.25) is 19.6 Å². The molecule has 86 heavy (non-hydrogen) atoms. The topological polar surface area (TPSA) is 25.9 Å². The Kier molecular flexibility index (Phi) is 42.6. The second kappa shape index (κ2) is 45.9. The lowest BCUT2D eigenvalue weighted by Gasteiger charge is -2.39. The summed E-state index contributed by atoms with van der Waals surface area (Å²) in [6.07, 6.45) is 22.1. The normalized spacial score (nSPS) is 19.4. The summed E-state index contributed by atoms with van der Waals surface area (Å²) < 4.78 is 84.5. The molecule has 0 spiro atoms. The highest BCUT2D eigenvalue weighted by Gasteiger charge is 2.29. The van der Waals surface area contributed by atoms with Crippen LogP contribution in [0.15, 0.2) is 48.5 Å². The Hall–Kier alpha value is -2.25. The Morgan fingerprint density at radius 1 is 0.314 bits per heavy atom. The molecule has 0 saturated carbocycles. The third kappa shape index (κ3) is 35.4. The monoisotopic (exact) mass is 1230 g/mol. The van der Waals surface area contributed by atoms with Crippen molar-refractivity contribution in [3.63, 3.8) is 0 Å². The highest BCUT2D eigenvalue weighted by molar-refractivity contribution is 6.74. The Balaban J connectivity index is 0.000000604. The van der Waals surface area contributed by atoms with Crippen LogP contribution in [0.2, 0.25) is 0 Å². The number of fused-ring (bicyclic) bond motifs is 21. The zero-order chi connectivity index (χ0) is 63.7. The third-order valence-electron chi connectivity index (χ3n) is 18.5. The maximum Gasteiger partial charge on any atom is 0.509 e. The van der Waals surface area contributed by atoms with Gasteiger partial charge in [-0.15, -0.1) is 10.9 Å². The minimum absolute atomic E-state index is 0.461. The summed E-state index contributed by atoms with van der Waals surface area (Å²) in [6, 6.07) is 11.6. The Morgan fingerprint density at radius 3 is 0.756 bits per heavy atom. The van der Waals surface area contributed by atoms with Crippen LogP contribution in [0, 0.1) is 0 Å². The third-order valence-corrected chi connectivity index (χ3v) is 18.5. The van der Waals surface area contributed by atoms with Crippen LogP contribution in [0.25, 0.3) is 0 Å². The van der Waals surface area contributed by atoms with E-state index in [-0.39, 0.29) is 0 Å². The maximum absolute atomic E-state index is 13.6. The van der Waals surface area contributed by atoms with Gasteiger partial charge in [-0.05, 0) is 90.7 Å². The van der Waals surface area contributed by atoms with Gasteiger partial charge in [0.05, 0.1) is 52.4 Å². The summed E-state index contributed by atoms with van der Waals surface area (Å²) in [6.45, 7) is 35.8. The molecule has 3 aliphatic rings. The first-order valence-corrected chi connectivity index (χ1v) is 35.0. The molecule has 2 atom stereocenters. The molecule has 2 aromatic carbocycles. The van der Waals surface area contributed by atoms with Crippen molar-refractivity contribution < 1.29 is 34.9 Å². The van der Waals surface area contributed by atoms with E-state index in [0.29, 0.717) is 24.2 Å². The molecule has 0 N–H and O–H groups in total. The number of quaternary nitrogens is 2. The number of halogens is 6. The molecule has 3 fully saturated rings. The van der Waals surface area contributed by atoms with E-state index in [0.717, 1.165) is 130 Å². The van der Waals surface area contributed by atoms with Gasteiger partial charge in [-0.2, -0.15) is 0 Å². The summed E-state index contributed by atoms with van der Waals surface area (Å²) in [5.74, 6) is 0. The molecule has 18 heteroatoms. The molecule has 502 valence electrons. The van der Waals surface area contributed by atoms with E-state index in [9.17, 15) is 25.9 Å². The molecule has 10 nitrogen and oxygen atoms in total. The van der Waals surface area contributed by atoms with Crippen LogP contribution in [0.5, 0.6) is 0 Å². The van der Waals surface area contributed by atoms with Crippen molar-refractivity contribution in [1.29, 1.82) is 0 Å². The second-order valence-corrected chi connectivity index (χ2v) is 26.4. The van der Waals surface area contributed by atoms with Crippen LogP contribution >= 0.6 is 0 Å². The van der Waals surface area contributed by atoms with Gasteiger partial charge in [0.1, 0.15) is 0 Å². The number of likely N-dealkylation sites (N-methyl/N-ethyl adjacent to an activating group) is 4. The minimum Gasteiger partial charge on any atom is -0.445 e. The molecule has 0 amide bonds. The first-order valence-electron chi connectivity index (χ1n) is 35.0. The second-order valence-electron chi connectivity index (χ2n) is 26.4. The average Bonchev–Trinajstić information content (AvgIpc) is 3.58. The van der Waals surface area contributed by atoms with Crippen molar-refractivity contribution in [1.82, 2.24) is 39.2 Å². The molecule has 3 heterocycles. The van der Waals surface area contributed by atoms with Crippen molar-refractivity contribution >= 4 is 24.9 Å². The fourth-order valence-electron chi connectivity index (χ4n) is 12.0. The molecule has 0 aromatic heterocycles. The summed E-state index contributed by atoms with van der Waals surface area (Å²) in [7, 11) is 8.54. The smallest absolute Gasteiger partial charge is 0.445 e. The molecule has 3 aliphatic heterocycles. The van der Waals surface area contributed by atoms with Gasteiger partial charge in [0.25, 0.3) is 0 Å². The van der Waals surface area contributed by atoms with Crippen molar-refractivity contribution in [2.75, 3.05) is 198 Å². The summed E-state index contributed by atoms with van der Waals surface area (Å²) in [5, 5.41) is 0. The van der Waals surface area contributed by atoms with Crippen LogP contribution in [0.3, 0.4) is 0 Å². The molecule has 5 rings (SSSR count). The Morgan fingerprint density at radius 2 is 0.523 bits per heavy atom. The number of unbranched alkanes of at least 4 members (excludes halogenated alkanes) is 8. The SMILES string of the molecule is CCCC[N+](CCCC)(CCCC)CCCC.CCCC[N+](CCCC)(CCCC)CCCC.CN1CCN(C)CCN2CCN(C)CCN(Cc3cccc([B-](F)(F)F)c3)CCN(CC1)CCN(C)CCN(Cc1cccc([B-](F)(F)F)c1)CC2. The number of hydrogen-bond acceptors (Lipinski definition) is 8. The van der Waals surface area contributed by atoms with E-state index >= 15 is 0 Å². The van der Waals surface area contributed by atoms with E-state index < -0.39 is 24.9 Å². The van der Waals surface area contributed by atoms with Gasteiger partial charge in [-0.1, -0.05) is 155 Å². The standard InChI is InChI=1S/C36H60B2F6N8.2C16H36N/c1-45-11-12-46(2)14-20-50-22-16-48(4)18-23-51(31-33-7-5-9-35(29-33)37(39,40)41)27-25-49(19-13-45)21-15-47(3)17-24-52(28-26-50)32-34-8-6-10-36(30-34)38(42,43)44;2*1-5-9-13-17(14-10-6-2,15-11-7-3)16-12-8-4/h5-10,29-30H,11-28,31-32H2,1-4H3;2*5-16H2,1-4H3/q-2;2*+1. The summed E-state index contributed by atoms with van der Waals surface area (Å²) in [4.78, 5) is 18.9. The molecule has 2 aromatic rings. The van der Waals surface area contributed by atoms with Crippen LogP contribution in [0.1, 0.15) is 169 Å². The lowest BCUT2D eigenvalue weighted by atomic mass is 9.79. The lowest BCUT2D eigenvalue weighted by Crippen LogP contribution is -2.50. The number of nitrogens with zero attached hydrogens (tertiary/aromatic N) is 10. The number of rotatable bonds is 30. The quantitative estimate of drug-likeness (QED) is 0.0434. The van der Waals surface area contributed by atoms with E-state index in [2.05, 4.69) is 123 Å². The Labute approximate surface area is 526 Å². The van der Waals surface area contributed by atoms with Gasteiger partial charge >= 0.3 is 14.0 Å². The highest BCUT2D eigenvalue weighted by Crippen LogP contribution is 2.19. The Bertz CT molecular complexity index is 1740. The predicted octanol–water partition coefficient (Wildman–Crippen LogP) is 12.5. The molecule has 3 saturated heterocycles. The molecule has 0 radical (unpaired) electrons. The molecular formula is C68H132B2F6N10. The summed E-state index contributed by atoms with van der Waals surface area (Å²) in [5.41, 5.74) is 0.260. The number of hydrogen-bond donors (Lipinski definition) is 0. The zero-order valence-corrected chi connectivity index (χ0v) is 57.6. The van der Waals surface area contributed by atoms with Crippen LogP contribution in [0.4, 0.5) is 25.9 Å². The van der Waals surface area contributed by atoms with Crippen molar-refractivity contribution in [2.24, 2.45) is 0 Å². The van der Waals surface area contributed by atoms with Crippen molar-refractivity contribution in [3.05, 3.63) is 59.7 Å². The van der Waals surface area contributed by atoms with E-state index in [1.54, 1.807) is 12.1 Å². The van der Waals surface area contributed by atoms with Gasteiger partial charge in [0.2, 0.25) is 0 Å². The maximum atomic E-state index is 13.6. The van der Waals surface area contributed by atoms with Crippen LogP contribution in [-0.2, 0) is 13.1 Å². The minimum atomic E-state index is -5.06. The fraction of sp³-hybridized carbons (Fsp3) is 0.824. The van der Waals surface area contributed by atoms with E-state index in [1.807, 2.05) is 0 Å². The zero-order valence-electron chi connectivity index (χ0n) is 57.6. The van der Waals surface area contributed by atoms with Gasteiger partial charge in [0, 0.05) is 131 Å². The lowest BCUT2D eigenvalue weighted by molar-refractivity contribution is -0.929. The first-order chi connectivity index (χ1) is 41.1. The van der Waals surface area contributed by atoms with Gasteiger partial charge < -0.3 is 54.5 Å². The first kappa shape index (κ1) is 79.8. The molecule has 2 bridgehead atoms. The van der Waals surface area contributed by atoms with Crippen LogP contribution in [-0.4, -0.2) is 260 Å². The van der Waals surface area contributed by atoms with Crippen LogP contribution < -0.4 is 10.9 Å². The highest BCUT2D eigenvalue weighted by atomic mass is 19.4. The van der Waals surface area contributed by atoms with E-state index in [4.69, 9.17) is 0 Å². The van der Waals surface area contributed by atoms with Gasteiger partial charge in [-0.25, -0.2) is 0 Å². The van der Waals surface area contributed by atoms with Gasteiger partial charge in [0.15, 0.2) is 0 Å². The summed E-state index contributed by atoms with van der Waals surface area (Å²) >= 11 is 0. The molecular weight excluding hydrogens is 1090 g/mol. The largest absolute Gasteiger partial charge is 0.509 e. The predicted molar refractivity (Wildman–Crippen MR) is 362 cm³/mol. The molecule has 2 unspecified atom stereocenters. The van der Waals surface area contributed by atoms with E-state index in [1.165, 1.54) is 188 Å². The average molecular weight is 1230 g/mol. The van der Waals surface area contributed by atoms with Crippen molar-refractivity contribution in [3.8, 4) is 0 Å². The number of benzene rings is 2. The van der Waals surface area contributed by atoms with Crippen molar-refractivity contribution in [2.45, 2.75) is 171 Å².